The van der Waals surface area contributed by atoms with Gasteiger partial charge in [0.05, 0.1) is 26.4 Å². The highest BCUT2D eigenvalue weighted by Crippen LogP contribution is 2.48. The van der Waals surface area contributed by atoms with Crippen molar-refractivity contribution in [2.75, 3.05) is 57.5 Å². The Bertz CT molecular complexity index is 923. The van der Waals surface area contributed by atoms with Gasteiger partial charge in [-0.25, -0.2) is 0 Å². The van der Waals surface area contributed by atoms with Gasteiger partial charge >= 0.3 is 0 Å². The Hall–Kier alpha value is -2.02. The maximum atomic E-state index is 7.03. The minimum absolute atomic E-state index is 0.101. The molecule has 0 radical (unpaired) electrons. The molecule has 2 atom stereocenters. The molecule has 0 aromatic heterocycles. The zero-order chi connectivity index (χ0) is 20.0. The average Bonchev–Trinajstić information content (AvgIpc) is 2.83. The number of morpholine rings is 2. The van der Waals surface area contributed by atoms with E-state index in [0.717, 1.165) is 82.3 Å². The molecule has 160 valence electrons. The van der Waals surface area contributed by atoms with E-state index in [-0.39, 0.29) is 11.8 Å². The number of benzene rings is 2. The molecule has 0 spiro atoms. The molecule has 2 unspecified atom stereocenters. The number of rotatable bonds is 2. The lowest BCUT2D eigenvalue weighted by Crippen LogP contribution is -3.24. The first-order valence-corrected chi connectivity index (χ1v) is 11.5. The molecule has 2 aromatic rings. The molecule has 6 nitrogen and oxygen atoms in total. The normalized spacial score (nSPS) is 29.6. The summed E-state index contributed by atoms with van der Waals surface area (Å²) < 4.78 is 25.1. The molecule has 2 aromatic carbocycles. The van der Waals surface area contributed by atoms with Crippen LogP contribution in [0.5, 0.6) is 11.5 Å². The zero-order valence-electron chi connectivity index (χ0n) is 17.5. The minimum Gasteiger partial charge on any atom is -0.475 e. The van der Waals surface area contributed by atoms with E-state index in [1.807, 2.05) is 0 Å². The van der Waals surface area contributed by atoms with E-state index in [0.29, 0.717) is 0 Å². The van der Waals surface area contributed by atoms with Gasteiger partial charge in [-0.1, -0.05) is 24.3 Å². The summed E-state index contributed by atoms with van der Waals surface area (Å²) in [5.41, 5.74) is 0.942. The van der Waals surface area contributed by atoms with Crippen molar-refractivity contribution in [2.24, 2.45) is 0 Å². The monoisotopic (exact) mass is 411 g/mol. The Balaban J connectivity index is 1.47. The standard InChI is InChI=1S/C24H30N2O4/c1-2-6-19-18(5-1)20(25-9-13-27-14-10-25)17-21-23(19)29-22-7-3-4-8-24(22,30-21)26-11-15-28-16-12-26/h1-2,5-6,17,22H,3-4,7-16H2/p+1. The summed E-state index contributed by atoms with van der Waals surface area (Å²) in [5.74, 6) is 1.84. The van der Waals surface area contributed by atoms with Crippen LogP contribution in [0.3, 0.4) is 0 Å². The third kappa shape index (κ3) is 2.96. The summed E-state index contributed by atoms with van der Waals surface area (Å²) in [6.07, 6.45) is 4.61. The second-order valence-electron chi connectivity index (χ2n) is 8.93. The third-order valence-corrected chi connectivity index (χ3v) is 7.32. The Morgan fingerprint density at radius 2 is 1.70 bits per heavy atom. The van der Waals surface area contributed by atoms with Crippen molar-refractivity contribution in [1.29, 1.82) is 0 Å². The fourth-order valence-corrected chi connectivity index (χ4v) is 5.81. The second-order valence-corrected chi connectivity index (χ2v) is 8.93. The molecule has 0 amide bonds. The lowest BCUT2D eigenvalue weighted by molar-refractivity contribution is -0.986. The number of ether oxygens (including phenoxy) is 4. The van der Waals surface area contributed by atoms with Crippen LogP contribution < -0.4 is 19.3 Å². The number of fused-ring (bicyclic) bond motifs is 4. The molecule has 3 aliphatic heterocycles. The van der Waals surface area contributed by atoms with Crippen molar-refractivity contribution in [1.82, 2.24) is 0 Å². The van der Waals surface area contributed by atoms with Crippen LogP contribution in [0.15, 0.2) is 30.3 Å². The van der Waals surface area contributed by atoms with E-state index in [2.05, 4.69) is 35.2 Å². The molecular weight excluding hydrogens is 380 g/mol. The Morgan fingerprint density at radius 1 is 0.933 bits per heavy atom. The van der Waals surface area contributed by atoms with E-state index in [1.165, 1.54) is 28.8 Å². The van der Waals surface area contributed by atoms with Gasteiger partial charge < -0.3 is 23.8 Å². The van der Waals surface area contributed by atoms with Gasteiger partial charge in [0.25, 0.3) is 5.72 Å². The highest BCUT2D eigenvalue weighted by molar-refractivity contribution is 6.00. The molecule has 6 rings (SSSR count). The molecule has 1 saturated carbocycles. The molecule has 3 fully saturated rings. The summed E-state index contributed by atoms with van der Waals surface area (Å²) in [6.45, 7) is 6.93. The average molecular weight is 412 g/mol. The Morgan fingerprint density at radius 3 is 2.53 bits per heavy atom. The van der Waals surface area contributed by atoms with Gasteiger partial charge in [0.2, 0.25) is 0 Å². The number of nitrogens with one attached hydrogen (secondary N) is 1. The van der Waals surface area contributed by atoms with Crippen LogP contribution in [0, 0.1) is 0 Å². The molecular formula is C24H31N2O4+. The van der Waals surface area contributed by atoms with Crippen molar-refractivity contribution in [2.45, 2.75) is 37.5 Å². The van der Waals surface area contributed by atoms with Crippen molar-refractivity contribution in [3.05, 3.63) is 30.3 Å². The van der Waals surface area contributed by atoms with Gasteiger partial charge in [-0.15, -0.1) is 0 Å². The molecule has 1 aliphatic carbocycles. The first-order valence-electron chi connectivity index (χ1n) is 11.5. The molecule has 30 heavy (non-hydrogen) atoms. The molecule has 0 bridgehead atoms. The Kier molecular flexibility index (Phi) is 4.74. The Labute approximate surface area is 177 Å². The lowest BCUT2D eigenvalue weighted by atomic mass is 9.85. The van der Waals surface area contributed by atoms with E-state index in [4.69, 9.17) is 18.9 Å². The molecule has 6 heteroatoms. The van der Waals surface area contributed by atoms with Crippen molar-refractivity contribution in [3.8, 4) is 11.5 Å². The highest BCUT2D eigenvalue weighted by atomic mass is 16.6. The van der Waals surface area contributed by atoms with Gasteiger partial charge in [-0.2, -0.15) is 0 Å². The van der Waals surface area contributed by atoms with Crippen LogP contribution in [0.4, 0.5) is 5.69 Å². The first-order chi connectivity index (χ1) is 14.9. The number of quaternary nitrogens is 1. The van der Waals surface area contributed by atoms with Crippen LogP contribution in [0.2, 0.25) is 0 Å². The molecule has 2 saturated heterocycles. The van der Waals surface area contributed by atoms with Crippen LogP contribution >= 0.6 is 0 Å². The zero-order valence-corrected chi connectivity index (χ0v) is 17.5. The van der Waals surface area contributed by atoms with Crippen LogP contribution in [-0.4, -0.2) is 64.4 Å². The van der Waals surface area contributed by atoms with Gasteiger partial charge in [0.1, 0.15) is 13.1 Å². The smallest absolute Gasteiger partial charge is 0.279 e. The number of nitrogens with zero attached hydrogens (tertiary/aromatic N) is 1. The third-order valence-electron chi connectivity index (χ3n) is 7.32. The minimum atomic E-state index is -0.292. The van der Waals surface area contributed by atoms with Crippen LogP contribution in [-0.2, 0) is 9.47 Å². The van der Waals surface area contributed by atoms with Crippen LogP contribution in [0.25, 0.3) is 10.8 Å². The lowest BCUT2D eigenvalue weighted by Gasteiger charge is -2.50. The SMILES string of the molecule is c1ccc2c3c(cc(N4CCOCC4)c2c1)OC1([NH+]2CCOCC2)CCCCC1O3. The van der Waals surface area contributed by atoms with E-state index < -0.39 is 0 Å². The predicted molar refractivity (Wildman–Crippen MR) is 115 cm³/mol. The quantitative estimate of drug-likeness (QED) is 0.819. The molecule has 1 N–H and O–H groups in total. The first kappa shape index (κ1) is 18.7. The largest absolute Gasteiger partial charge is 0.475 e. The number of hydrogen-bond acceptors (Lipinski definition) is 5. The van der Waals surface area contributed by atoms with E-state index >= 15 is 0 Å². The van der Waals surface area contributed by atoms with Gasteiger partial charge in [0, 0.05) is 42.0 Å². The maximum Gasteiger partial charge on any atom is 0.279 e. The highest BCUT2D eigenvalue weighted by Gasteiger charge is 2.56. The summed E-state index contributed by atoms with van der Waals surface area (Å²) in [4.78, 5) is 3.92. The van der Waals surface area contributed by atoms with E-state index in [9.17, 15) is 0 Å². The maximum absolute atomic E-state index is 7.03. The van der Waals surface area contributed by atoms with Crippen LogP contribution in [0.1, 0.15) is 25.7 Å². The van der Waals surface area contributed by atoms with Crippen molar-refractivity contribution in [3.63, 3.8) is 0 Å². The van der Waals surface area contributed by atoms with Crippen molar-refractivity contribution < 1.29 is 23.8 Å². The van der Waals surface area contributed by atoms with Gasteiger partial charge in [0.15, 0.2) is 17.6 Å². The summed E-state index contributed by atoms with van der Waals surface area (Å²) in [6, 6.07) is 10.8. The fraction of sp³-hybridized carbons (Fsp3) is 0.583. The van der Waals surface area contributed by atoms with Crippen molar-refractivity contribution >= 4 is 16.5 Å². The van der Waals surface area contributed by atoms with Gasteiger partial charge in [-0.05, 0) is 19.3 Å². The number of hydrogen-bond donors (Lipinski definition) is 1. The fourth-order valence-electron chi connectivity index (χ4n) is 5.81. The molecule has 3 heterocycles. The second kappa shape index (κ2) is 7.59. The van der Waals surface area contributed by atoms with Gasteiger partial charge in [-0.3, -0.25) is 4.90 Å². The number of anilines is 1. The summed E-state index contributed by atoms with van der Waals surface area (Å²) >= 11 is 0. The van der Waals surface area contributed by atoms with E-state index in [1.54, 1.807) is 0 Å². The predicted octanol–water partition coefficient (Wildman–Crippen LogP) is 2.00. The molecule has 4 aliphatic rings. The summed E-state index contributed by atoms with van der Waals surface area (Å²) in [5, 5.41) is 2.40. The summed E-state index contributed by atoms with van der Waals surface area (Å²) in [7, 11) is 0. The topological polar surface area (TPSA) is 44.6 Å².